The maximum Gasteiger partial charge on any atom is 0.127 e. The molecule has 0 radical (unpaired) electrons. The zero-order valence-corrected chi connectivity index (χ0v) is 11.9. The van der Waals surface area contributed by atoms with Crippen molar-refractivity contribution in [1.82, 2.24) is 0 Å². The Bertz CT molecular complexity index is 483. The normalized spacial score (nSPS) is 9.39. The molecule has 0 saturated carbocycles. The summed E-state index contributed by atoms with van der Waals surface area (Å²) in [5.41, 5.74) is 3.79. The molecule has 0 aliphatic rings. The molecule has 0 aromatic heterocycles. The van der Waals surface area contributed by atoms with Crippen molar-refractivity contribution in [1.29, 1.82) is 0 Å². The molecule has 0 N–H and O–H groups in total. The summed E-state index contributed by atoms with van der Waals surface area (Å²) in [4.78, 5) is 0. The Hall–Kier alpha value is -1.76. The van der Waals surface area contributed by atoms with E-state index >= 15 is 0 Å². The summed E-state index contributed by atoms with van der Waals surface area (Å²) in [7, 11) is 0. The highest BCUT2D eigenvalue weighted by atomic mass is 16.5. The largest absolute Gasteiger partial charge is 0.457 e. The topological polar surface area (TPSA) is 9.23 Å². The van der Waals surface area contributed by atoms with Crippen molar-refractivity contribution in [3.63, 3.8) is 0 Å². The van der Waals surface area contributed by atoms with E-state index in [4.69, 9.17) is 4.74 Å². The molecule has 0 atom stereocenters. The Labute approximate surface area is 110 Å². The Kier molecular flexibility index (Phi) is 5.44. The first kappa shape index (κ1) is 14.3. The monoisotopic (exact) mass is 242 g/mol. The van der Waals surface area contributed by atoms with Crippen LogP contribution in [0.4, 0.5) is 0 Å². The fourth-order valence-electron chi connectivity index (χ4n) is 1.52. The second kappa shape index (κ2) is 6.85. The standard InChI is InChI=1S/C15H16O.C2H6/c1-11-4-7-14(8-5-11)16-15-9-6-12(2)13(3)10-15;1-2/h4-10H,1-3H3;1-2H3. The van der Waals surface area contributed by atoms with Gasteiger partial charge in [-0.15, -0.1) is 0 Å². The van der Waals surface area contributed by atoms with Crippen LogP contribution in [0.15, 0.2) is 42.5 Å². The number of hydrogen-bond acceptors (Lipinski definition) is 1. The maximum absolute atomic E-state index is 5.77. The molecule has 96 valence electrons. The lowest BCUT2D eigenvalue weighted by Gasteiger charge is -2.08. The molecule has 0 spiro atoms. The Morgan fingerprint density at radius 1 is 0.667 bits per heavy atom. The lowest BCUT2D eigenvalue weighted by atomic mass is 10.1. The fourth-order valence-corrected chi connectivity index (χ4v) is 1.52. The van der Waals surface area contributed by atoms with Gasteiger partial charge in [0.25, 0.3) is 0 Å². The lowest BCUT2D eigenvalue weighted by Crippen LogP contribution is -1.86. The van der Waals surface area contributed by atoms with Crippen LogP contribution in [0.2, 0.25) is 0 Å². The van der Waals surface area contributed by atoms with Crippen molar-refractivity contribution in [2.45, 2.75) is 34.6 Å². The molecule has 2 aromatic rings. The minimum Gasteiger partial charge on any atom is -0.457 e. The molecule has 0 unspecified atom stereocenters. The SMILES string of the molecule is CC.Cc1ccc(Oc2ccc(C)c(C)c2)cc1. The quantitative estimate of drug-likeness (QED) is 0.682. The van der Waals surface area contributed by atoms with Gasteiger partial charge in [0, 0.05) is 0 Å². The van der Waals surface area contributed by atoms with Crippen molar-refractivity contribution < 1.29 is 4.74 Å². The van der Waals surface area contributed by atoms with Crippen LogP contribution < -0.4 is 4.74 Å². The lowest BCUT2D eigenvalue weighted by molar-refractivity contribution is 0.482. The average molecular weight is 242 g/mol. The van der Waals surface area contributed by atoms with Crippen LogP contribution in [0.25, 0.3) is 0 Å². The first-order valence-electron chi connectivity index (χ1n) is 6.47. The molecule has 2 rings (SSSR count). The van der Waals surface area contributed by atoms with Gasteiger partial charge in [0.2, 0.25) is 0 Å². The van der Waals surface area contributed by atoms with E-state index in [1.165, 1.54) is 16.7 Å². The van der Waals surface area contributed by atoms with E-state index in [2.05, 4.69) is 45.0 Å². The minimum absolute atomic E-state index is 0.883. The third-order valence-corrected chi connectivity index (χ3v) is 2.74. The number of ether oxygens (including phenoxy) is 1. The predicted octanol–water partition coefficient (Wildman–Crippen LogP) is 5.43. The van der Waals surface area contributed by atoms with Crippen LogP contribution in [0, 0.1) is 20.8 Å². The number of rotatable bonds is 2. The zero-order chi connectivity index (χ0) is 13.5. The van der Waals surface area contributed by atoms with E-state index in [0.717, 1.165) is 11.5 Å². The highest BCUT2D eigenvalue weighted by Gasteiger charge is 1.99. The van der Waals surface area contributed by atoms with Crippen molar-refractivity contribution in [3.8, 4) is 11.5 Å². The van der Waals surface area contributed by atoms with E-state index in [9.17, 15) is 0 Å². The van der Waals surface area contributed by atoms with Gasteiger partial charge in [0.1, 0.15) is 11.5 Å². The third kappa shape index (κ3) is 3.92. The highest BCUT2D eigenvalue weighted by molar-refractivity contribution is 5.37. The summed E-state index contributed by atoms with van der Waals surface area (Å²) in [6.07, 6.45) is 0. The minimum atomic E-state index is 0.883. The fraction of sp³-hybridized carbons (Fsp3) is 0.294. The summed E-state index contributed by atoms with van der Waals surface area (Å²) in [5, 5.41) is 0. The first-order valence-corrected chi connectivity index (χ1v) is 6.47. The van der Waals surface area contributed by atoms with Gasteiger partial charge < -0.3 is 4.74 Å². The van der Waals surface area contributed by atoms with Gasteiger partial charge in [0.15, 0.2) is 0 Å². The molecule has 0 fully saturated rings. The van der Waals surface area contributed by atoms with Crippen molar-refractivity contribution in [2.24, 2.45) is 0 Å². The van der Waals surface area contributed by atoms with Crippen molar-refractivity contribution in [2.75, 3.05) is 0 Å². The summed E-state index contributed by atoms with van der Waals surface area (Å²) in [6, 6.07) is 14.2. The average Bonchev–Trinajstić information content (AvgIpc) is 2.39. The smallest absolute Gasteiger partial charge is 0.127 e. The van der Waals surface area contributed by atoms with Crippen LogP contribution in [0.5, 0.6) is 11.5 Å². The predicted molar refractivity (Wildman–Crippen MR) is 78.5 cm³/mol. The van der Waals surface area contributed by atoms with E-state index in [0.29, 0.717) is 0 Å². The summed E-state index contributed by atoms with van der Waals surface area (Å²) in [5.74, 6) is 1.78. The molecule has 1 heteroatoms. The third-order valence-electron chi connectivity index (χ3n) is 2.74. The van der Waals surface area contributed by atoms with Crippen LogP contribution in [-0.2, 0) is 0 Å². The molecule has 0 aliphatic heterocycles. The Morgan fingerprint density at radius 2 is 1.22 bits per heavy atom. The molecule has 0 heterocycles. The van der Waals surface area contributed by atoms with Crippen molar-refractivity contribution in [3.05, 3.63) is 59.2 Å². The van der Waals surface area contributed by atoms with Crippen LogP contribution in [0.3, 0.4) is 0 Å². The van der Waals surface area contributed by atoms with E-state index in [1.807, 2.05) is 32.0 Å². The molecule has 0 aliphatic carbocycles. The number of aryl methyl sites for hydroxylation is 3. The molecule has 18 heavy (non-hydrogen) atoms. The van der Waals surface area contributed by atoms with Gasteiger partial charge in [0.05, 0.1) is 0 Å². The van der Waals surface area contributed by atoms with Crippen LogP contribution in [0.1, 0.15) is 30.5 Å². The molecular weight excluding hydrogens is 220 g/mol. The van der Waals surface area contributed by atoms with Gasteiger partial charge in [-0.05, 0) is 56.2 Å². The molecule has 1 nitrogen and oxygen atoms in total. The second-order valence-electron chi connectivity index (χ2n) is 4.16. The highest BCUT2D eigenvalue weighted by Crippen LogP contribution is 2.23. The summed E-state index contributed by atoms with van der Waals surface area (Å²) in [6.45, 7) is 10.3. The van der Waals surface area contributed by atoms with Gasteiger partial charge in [-0.25, -0.2) is 0 Å². The molecule has 0 amide bonds. The van der Waals surface area contributed by atoms with Crippen LogP contribution in [-0.4, -0.2) is 0 Å². The van der Waals surface area contributed by atoms with E-state index < -0.39 is 0 Å². The summed E-state index contributed by atoms with van der Waals surface area (Å²) >= 11 is 0. The molecular formula is C17H22O. The van der Waals surface area contributed by atoms with Gasteiger partial charge in [-0.1, -0.05) is 37.6 Å². The van der Waals surface area contributed by atoms with Crippen molar-refractivity contribution >= 4 is 0 Å². The van der Waals surface area contributed by atoms with Gasteiger partial charge in [-0.2, -0.15) is 0 Å². The summed E-state index contributed by atoms with van der Waals surface area (Å²) < 4.78 is 5.77. The van der Waals surface area contributed by atoms with Gasteiger partial charge >= 0.3 is 0 Å². The molecule has 2 aromatic carbocycles. The Balaban J connectivity index is 0.000000771. The van der Waals surface area contributed by atoms with E-state index in [1.54, 1.807) is 0 Å². The van der Waals surface area contributed by atoms with Crippen LogP contribution >= 0.6 is 0 Å². The second-order valence-corrected chi connectivity index (χ2v) is 4.16. The Morgan fingerprint density at radius 3 is 1.78 bits per heavy atom. The number of hydrogen-bond donors (Lipinski definition) is 0. The van der Waals surface area contributed by atoms with E-state index in [-0.39, 0.29) is 0 Å². The first-order chi connectivity index (χ1) is 8.65. The number of benzene rings is 2. The molecule has 0 saturated heterocycles. The zero-order valence-electron chi connectivity index (χ0n) is 11.9. The molecule has 0 bridgehead atoms. The maximum atomic E-state index is 5.77. The van der Waals surface area contributed by atoms with Gasteiger partial charge in [-0.3, -0.25) is 0 Å².